The Morgan fingerprint density at radius 2 is 2.00 bits per heavy atom. The lowest BCUT2D eigenvalue weighted by atomic mass is 9.83. The van der Waals surface area contributed by atoms with Gasteiger partial charge in [-0.3, -0.25) is 4.99 Å². The summed E-state index contributed by atoms with van der Waals surface area (Å²) in [7, 11) is 1.71. The topological polar surface area (TPSA) is 114 Å². The molecule has 2 aliphatic heterocycles. The molecule has 3 aliphatic rings. The molecule has 10 heteroatoms. The first-order chi connectivity index (χ1) is 17.1. The van der Waals surface area contributed by atoms with E-state index < -0.39 is 11.2 Å². The molecule has 0 atom stereocenters. The summed E-state index contributed by atoms with van der Waals surface area (Å²) in [4.78, 5) is 13.1. The summed E-state index contributed by atoms with van der Waals surface area (Å²) in [5.74, 6) is 0.389. The Morgan fingerprint density at radius 3 is 2.74 bits per heavy atom. The van der Waals surface area contributed by atoms with Gasteiger partial charge in [-0.25, -0.2) is 14.4 Å². The zero-order chi connectivity index (χ0) is 24.5. The quantitative estimate of drug-likeness (QED) is 0.512. The van der Waals surface area contributed by atoms with E-state index in [9.17, 15) is 9.65 Å². The minimum atomic E-state index is -0.568. The molecule has 4 rings (SSSR count). The van der Waals surface area contributed by atoms with Crippen LogP contribution in [0.2, 0.25) is 0 Å². The van der Waals surface area contributed by atoms with Gasteiger partial charge in [0.2, 0.25) is 11.8 Å². The first kappa shape index (κ1) is 25.5. The Morgan fingerprint density at radius 1 is 1.23 bits per heavy atom. The van der Waals surface area contributed by atoms with Crippen LogP contribution < -0.4 is 10.6 Å². The van der Waals surface area contributed by atoms with Gasteiger partial charge in [-0.1, -0.05) is 0 Å². The molecular formula is C25H35FN6O3. The average molecular weight is 487 g/mol. The number of aliphatic imine (C=N–C) groups is 1. The van der Waals surface area contributed by atoms with E-state index in [1.807, 2.05) is 0 Å². The van der Waals surface area contributed by atoms with Crippen LogP contribution in [0.5, 0.6) is 0 Å². The lowest BCUT2D eigenvalue weighted by molar-refractivity contribution is 0.0169. The number of hydrogen-bond donors (Lipinski definition) is 2. The van der Waals surface area contributed by atoms with Gasteiger partial charge >= 0.3 is 0 Å². The molecule has 2 fully saturated rings. The van der Waals surface area contributed by atoms with Crippen LogP contribution >= 0.6 is 0 Å². The van der Waals surface area contributed by atoms with Crippen LogP contribution in [0.15, 0.2) is 17.3 Å². The maximum atomic E-state index is 14.7. The van der Waals surface area contributed by atoms with Crippen molar-refractivity contribution in [3.63, 3.8) is 0 Å². The number of nitriles is 1. The highest BCUT2D eigenvalue weighted by molar-refractivity contribution is 5.96. The van der Waals surface area contributed by atoms with E-state index in [4.69, 9.17) is 14.2 Å². The van der Waals surface area contributed by atoms with E-state index in [1.54, 1.807) is 13.2 Å². The minimum absolute atomic E-state index is 0.248. The Kier molecular flexibility index (Phi) is 9.01. The van der Waals surface area contributed by atoms with Crippen molar-refractivity contribution in [1.29, 1.82) is 5.26 Å². The van der Waals surface area contributed by atoms with Gasteiger partial charge in [-0.15, -0.1) is 0 Å². The molecule has 2 N–H and O–H groups in total. The molecule has 1 saturated heterocycles. The Labute approximate surface area is 206 Å². The summed E-state index contributed by atoms with van der Waals surface area (Å²) in [6.45, 7) is 3.41. The van der Waals surface area contributed by atoms with E-state index in [0.29, 0.717) is 63.5 Å². The van der Waals surface area contributed by atoms with Crippen LogP contribution in [-0.4, -0.2) is 74.6 Å². The number of ether oxygens (including phenoxy) is 3. The minimum Gasteiger partial charge on any atom is -0.476 e. The van der Waals surface area contributed by atoms with Gasteiger partial charge in [0.25, 0.3) is 0 Å². The second-order valence-corrected chi connectivity index (χ2v) is 9.46. The summed E-state index contributed by atoms with van der Waals surface area (Å²) in [5, 5.41) is 16.6. The molecule has 0 bridgehead atoms. The fraction of sp³-hybridized carbons (Fsp3) is 0.680. The average Bonchev–Trinajstić information content (AvgIpc) is 2.90. The van der Waals surface area contributed by atoms with Gasteiger partial charge < -0.3 is 24.8 Å². The molecule has 0 radical (unpaired) electrons. The number of nitrogens with one attached hydrogen (secondary N) is 2. The van der Waals surface area contributed by atoms with Gasteiger partial charge in [0.15, 0.2) is 5.82 Å². The van der Waals surface area contributed by atoms with Crippen molar-refractivity contribution < 1.29 is 18.6 Å². The number of rotatable bonds is 9. The smallest absolute Gasteiger partial charge is 0.223 e. The molecule has 0 unspecified atom stereocenters. The molecular weight excluding hydrogens is 451 g/mol. The van der Waals surface area contributed by atoms with E-state index in [-0.39, 0.29) is 18.3 Å². The van der Waals surface area contributed by atoms with Crippen LogP contribution in [0.1, 0.15) is 50.6 Å². The lowest BCUT2D eigenvalue weighted by Gasteiger charge is -2.30. The normalized spacial score (nSPS) is 24.1. The van der Waals surface area contributed by atoms with E-state index in [1.165, 1.54) is 6.20 Å². The Bertz CT molecular complexity index is 949. The number of halogens is 1. The zero-order valence-corrected chi connectivity index (χ0v) is 20.4. The van der Waals surface area contributed by atoms with E-state index >= 15 is 0 Å². The number of methoxy groups -OCH3 is 1. The molecule has 1 saturated carbocycles. The van der Waals surface area contributed by atoms with E-state index in [2.05, 4.69) is 31.7 Å². The molecule has 1 aromatic rings. The second kappa shape index (κ2) is 12.4. The number of nitrogens with zero attached hydrogens (tertiary/aromatic N) is 4. The first-order valence-corrected chi connectivity index (χ1v) is 12.5. The van der Waals surface area contributed by atoms with Gasteiger partial charge in [0.05, 0.1) is 24.3 Å². The molecule has 3 heterocycles. The molecule has 0 amide bonds. The highest BCUT2D eigenvalue weighted by atomic mass is 19.1. The van der Waals surface area contributed by atoms with Crippen LogP contribution in [0.4, 0.5) is 10.3 Å². The molecule has 190 valence electrons. The maximum Gasteiger partial charge on any atom is 0.223 e. The van der Waals surface area contributed by atoms with Gasteiger partial charge in [0.1, 0.15) is 12.3 Å². The largest absolute Gasteiger partial charge is 0.476 e. The standard InChI is InChI=1S/C25H35FN6O3/c1-33-13-10-28-19-2-4-20(5-3-19)31-24-30-15-21(26)23(32-24)18-6-9-29-22(14-18)35-17-25(16-27)7-11-34-12-8-25/h14-15,19-20,28H,2-13,17H2,1H3,(H,30,31,32). The van der Waals surface area contributed by atoms with Crippen molar-refractivity contribution in [2.45, 2.75) is 57.0 Å². The van der Waals surface area contributed by atoms with Crippen molar-refractivity contribution in [3.8, 4) is 6.07 Å². The summed E-state index contributed by atoms with van der Waals surface area (Å²) < 4.78 is 31.1. The van der Waals surface area contributed by atoms with Crippen LogP contribution in [0.25, 0.3) is 5.57 Å². The summed E-state index contributed by atoms with van der Waals surface area (Å²) in [5.41, 5.74) is 0.429. The first-order valence-electron chi connectivity index (χ1n) is 12.5. The fourth-order valence-corrected chi connectivity index (χ4v) is 4.74. The van der Waals surface area contributed by atoms with Crippen molar-refractivity contribution in [3.05, 3.63) is 23.8 Å². The van der Waals surface area contributed by atoms with Crippen LogP contribution in [-0.2, 0) is 14.2 Å². The monoisotopic (exact) mass is 486 g/mol. The van der Waals surface area contributed by atoms with Gasteiger partial charge in [0, 0.05) is 51.6 Å². The molecule has 35 heavy (non-hydrogen) atoms. The molecule has 1 aromatic heterocycles. The van der Waals surface area contributed by atoms with Crippen molar-refractivity contribution >= 4 is 17.4 Å². The molecule has 0 spiro atoms. The molecule has 0 aromatic carbocycles. The number of aromatic nitrogens is 2. The van der Waals surface area contributed by atoms with Crippen LogP contribution in [0, 0.1) is 22.6 Å². The van der Waals surface area contributed by atoms with Crippen molar-refractivity contribution in [2.24, 2.45) is 10.4 Å². The summed E-state index contributed by atoms with van der Waals surface area (Å²) in [6, 6.07) is 3.15. The highest BCUT2D eigenvalue weighted by Crippen LogP contribution is 2.31. The van der Waals surface area contributed by atoms with Crippen LogP contribution in [0.3, 0.4) is 0 Å². The molecule has 9 nitrogen and oxygen atoms in total. The van der Waals surface area contributed by atoms with Gasteiger partial charge in [-0.2, -0.15) is 5.26 Å². The maximum absolute atomic E-state index is 14.7. The van der Waals surface area contributed by atoms with Gasteiger partial charge in [-0.05, 0) is 50.5 Å². The van der Waals surface area contributed by atoms with Crippen molar-refractivity contribution in [2.75, 3.05) is 51.9 Å². The third-order valence-corrected chi connectivity index (χ3v) is 6.98. The third-order valence-electron chi connectivity index (χ3n) is 6.98. The predicted octanol–water partition coefficient (Wildman–Crippen LogP) is 3.10. The Balaban J connectivity index is 1.35. The lowest BCUT2D eigenvalue weighted by Crippen LogP contribution is -2.38. The summed E-state index contributed by atoms with van der Waals surface area (Å²) >= 11 is 0. The SMILES string of the molecule is COCCNC1CCC(Nc2ncc(F)c(C3=CC(OCC4(C#N)CCOCC4)=NCC3)n2)CC1. The van der Waals surface area contributed by atoms with E-state index in [0.717, 1.165) is 37.8 Å². The molecule has 1 aliphatic carbocycles. The highest BCUT2D eigenvalue weighted by Gasteiger charge is 2.34. The predicted molar refractivity (Wildman–Crippen MR) is 130 cm³/mol. The zero-order valence-electron chi connectivity index (χ0n) is 20.4. The summed E-state index contributed by atoms with van der Waals surface area (Å²) in [6.07, 6.45) is 8.92. The second-order valence-electron chi connectivity index (χ2n) is 9.46. The van der Waals surface area contributed by atoms with Crippen molar-refractivity contribution in [1.82, 2.24) is 15.3 Å². The number of dihydropyridines is 1. The number of anilines is 1. The number of hydrogen-bond acceptors (Lipinski definition) is 9. The Hall–Kier alpha value is -2.61. The third kappa shape index (κ3) is 6.97. The fourth-order valence-electron chi connectivity index (χ4n) is 4.74.